The summed E-state index contributed by atoms with van der Waals surface area (Å²) in [6, 6.07) is 6.20. The third-order valence-corrected chi connectivity index (χ3v) is 8.58. The van der Waals surface area contributed by atoms with Crippen LogP contribution in [0.2, 0.25) is 0 Å². The van der Waals surface area contributed by atoms with Crippen LogP contribution < -0.4 is 0 Å². The Morgan fingerprint density at radius 1 is 0.203 bits per heavy atom. The number of benzene rings is 6. The standard InChI is InChI=1S/2C20H4F10O2/c2*21-9-7(10(22)14(26)17(29)13(9)25)19(31)5-3-1-2-4-6(5)20(32)8-11(23)15(27)18(30)16(28)12(8)24/h2*1-4H. The fraction of sp³-hybridized carbons (Fsp3) is 0. The molecule has 0 heterocycles. The highest BCUT2D eigenvalue weighted by Gasteiger charge is 2.37. The smallest absolute Gasteiger partial charge is 0.200 e. The molecule has 0 unspecified atom stereocenters. The van der Waals surface area contributed by atoms with Crippen molar-refractivity contribution < 1.29 is 107 Å². The minimum absolute atomic E-state index is 0.611. The second-order valence-electron chi connectivity index (χ2n) is 12.2. The number of hydrogen-bond acceptors (Lipinski definition) is 4. The summed E-state index contributed by atoms with van der Waals surface area (Å²) in [5.74, 6) is -58.7. The van der Waals surface area contributed by atoms with Crippen LogP contribution in [-0.2, 0) is 0 Å². The number of halogens is 20. The molecular formula is C40H8F20O4. The summed E-state index contributed by atoms with van der Waals surface area (Å²) in [4.78, 5) is 50.1. The molecule has 6 aromatic rings. The predicted octanol–water partition coefficient (Wildman–Crippen LogP) is 11.1. The topological polar surface area (TPSA) is 68.3 Å². The molecular weight excluding hydrogens is 924 g/mol. The van der Waals surface area contributed by atoms with E-state index in [0.717, 1.165) is 24.3 Å². The van der Waals surface area contributed by atoms with E-state index in [2.05, 4.69) is 0 Å². The second-order valence-corrected chi connectivity index (χ2v) is 12.2. The highest BCUT2D eigenvalue weighted by Crippen LogP contribution is 2.32. The molecule has 0 spiro atoms. The molecule has 6 rings (SSSR count). The van der Waals surface area contributed by atoms with Crippen molar-refractivity contribution in [2.24, 2.45) is 0 Å². The average Bonchev–Trinajstić information content (AvgIpc) is 3.28. The van der Waals surface area contributed by atoms with Gasteiger partial charge in [0.05, 0.1) is 0 Å². The van der Waals surface area contributed by atoms with Crippen molar-refractivity contribution >= 4 is 23.1 Å². The van der Waals surface area contributed by atoms with Gasteiger partial charge >= 0.3 is 0 Å². The van der Waals surface area contributed by atoms with Crippen LogP contribution in [0.3, 0.4) is 0 Å². The first-order valence-electron chi connectivity index (χ1n) is 16.3. The lowest BCUT2D eigenvalue weighted by Crippen LogP contribution is -2.19. The first-order valence-corrected chi connectivity index (χ1v) is 16.3. The lowest BCUT2D eigenvalue weighted by molar-refractivity contribution is 0.0991. The van der Waals surface area contributed by atoms with E-state index in [-0.39, 0.29) is 0 Å². The fourth-order valence-corrected chi connectivity index (χ4v) is 5.51. The van der Waals surface area contributed by atoms with Crippen molar-refractivity contribution in [1.29, 1.82) is 0 Å². The van der Waals surface area contributed by atoms with Gasteiger partial charge in [0.2, 0.25) is 23.3 Å². The van der Waals surface area contributed by atoms with E-state index in [1.54, 1.807) is 0 Å². The number of carbonyl (C=O) groups is 4. The quantitative estimate of drug-likeness (QED) is 0.0660. The van der Waals surface area contributed by atoms with Crippen LogP contribution >= 0.6 is 0 Å². The minimum atomic E-state index is -2.58. The van der Waals surface area contributed by atoms with Crippen molar-refractivity contribution in [2.75, 3.05) is 0 Å². The van der Waals surface area contributed by atoms with Gasteiger partial charge in [0.1, 0.15) is 22.3 Å². The molecule has 0 atom stereocenters. The Kier molecular flexibility index (Phi) is 13.2. The zero-order valence-corrected chi connectivity index (χ0v) is 29.8. The highest BCUT2D eigenvalue weighted by molar-refractivity contribution is 6.21. The Labute approximate surface area is 339 Å². The lowest BCUT2D eigenvalue weighted by atomic mass is 9.92. The molecule has 0 N–H and O–H groups in total. The molecule has 332 valence electrons. The van der Waals surface area contributed by atoms with Crippen LogP contribution in [0.1, 0.15) is 63.7 Å². The van der Waals surface area contributed by atoms with E-state index in [4.69, 9.17) is 0 Å². The Morgan fingerprint density at radius 3 is 0.438 bits per heavy atom. The molecule has 0 aliphatic rings. The van der Waals surface area contributed by atoms with Crippen molar-refractivity contribution in [3.05, 3.63) is 209 Å². The number of carbonyl (C=O) groups excluding carboxylic acids is 4. The van der Waals surface area contributed by atoms with Crippen LogP contribution in [0.25, 0.3) is 0 Å². The zero-order chi connectivity index (χ0) is 48.1. The first kappa shape index (κ1) is 47.6. The molecule has 0 aliphatic carbocycles. The molecule has 0 amide bonds. The van der Waals surface area contributed by atoms with Gasteiger partial charge in [-0.3, -0.25) is 19.2 Å². The number of hydrogen-bond donors (Lipinski definition) is 0. The summed E-state index contributed by atoms with van der Waals surface area (Å²) in [5, 5.41) is 0. The Hall–Kier alpha value is -7.40. The van der Waals surface area contributed by atoms with Gasteiger partial charge < -0.3 is 0 Å². The van der Waals surface area contributed by atoms with Crippen LogP contribution in [-0.4, -0.2) is 23.1 Å². The third kappa shape index (κ3) is 7.71. The maximum Gasteiger partial charge on any atom is 0.200 e. The largest absolute Gasteiger partial charge is 0.288 e. The van der Waals surface area contributed by atoms with Gasteiger partial charge in [-0.05, 0) is 0 Å². The normalized spacial score (nSPS) is 11.1. The zero-order valence-electron chi connectivity index (χ0n) is 29.8. The maximum atomic E-state index is 14.0. The number of ketones is 4. The summed E-state index contributed by atoms with van der Waals surface area (Å²) >= 11 is 0. The van der Waals surface area contributed by atoms with Gasteiger partial charge in [-0.1, -0.05) is 48.5 Å². The maximum absolute atomic E-state index is 14.0. The summed E-state index contributed by atoms with van der Waals surface area (Å²) < 4.78 is 272. The molecule has 0 saturated carbocycles. The molecule has 6 aromatic carbocycles. The van der Waals surface area contributed by atoms with Gasteiger partial charge in [0.15, 0.2) is 116 Å². The predicted molar refractivity (Wildman–Crippen MR) is 172 cm³/mol. The fourth-order valence-electron chi connectivity index (χ4n) is 5.51. The minimum Gasteiger partial charge on any atom is -0.288 e. The molecule has 0 saturated heterocycles. The van der Waals surface area contributed by atoms with E-state index < -0.39 is 184 Å². The molecule has 24 heteroatoms. The SMILES string of the molecule is O=C(c1ccccc1C(=O)c1c(F)c(F)c(F)c(F)c1F)c1c(F)c(F)c(F)c(F)c1F.O=C(c1ccccc1C(=O)c1c(F)c(F)c(F)c(F)c1F)c1c(F)c(F)c(F)c(F)c1F. The van der Waals surface area contributed by atoms with E-state index in [9.17, 15) is 107 Å². The molecule has 0 aliphatic heterocycles. The van der Waals surface area contributed by atoms with Crippen molar-refractivity contribution in [3.63, 3.8) is 0 Å². The summed E-state index contributed by atoms with van der Waals surface area (Å²) in [6.45, 7) is 0. The van der Waals surface area contributed by atoms with E-state index >= 15 is 0 Å². The van der Waals surface area contributed by atoms with Crippen LogP contribution in [0.5, 0.6) is 0 Å². The third-order valence-electron chi connectivity index (χ3n) is 8.58. The van der Waals surface area contributed by atoms with Crippen molar-refractivity contribution in [2.45, 2.75) is 0 Å². The van der Waals surface area contributed by atoms with Crippen LogP contribution in [0.4, 0.5) is 87.8 Å². The van der Waals surface area contributed by atoms with Crippen LogP contribution in [0.15, 0.2) is 48.5 Å². The summed E-state index contributed by atoms with van der Waals surface area (Å²) in [5.41, 5.74) is -12.5. The van der Waals surface area contributed by atoms with Gasteiger partial charge in [0.25, 0.3) is 0 Å². The Morgan fingerprint density at radius 2 is 0.312 bits per heavy atom. The molecule has 0 aromatic heterocycles. The summed E-state index contributed by atoms with van der Waals surface area (Å²) in [6.07, 6.45) is 0. The van der Waals surface area contributed by atoms with Gasteiger partial charge in [0, 0.05) is 22.3 Å². The van der Waals surface area contributed by atoms with E-state index in [1.165, 1.54) is 0 Å². The summed E-state index contributed by atoms with van der Waals surface area (Å²) in [7, 11) is 0. The van der Waals surface area contributed by atoms with Gasteiger partial charge in [-0.2, -0.15) is 0 Å². The van der Waals surface area contributed by atoms with Crippen molar-refractivity contribution in [1.82, 2.24) is 0 Å². The first-order chi connectivity index (χ1) is 29.8. The highest BCUT2D eigenvalue weighted by atomic mass is 19.2. The molecule has 64 heavy (non-hydrogen) atoms. The molecule has 4 nitrogen and oxygen atoms in total. The monoisotopic (exact) mass is 932 g/mol. The van der Waals surface area contributed by atoms with Gasteiger partial charge in [-0.15, -0.1) is 0 Å². The second kappa shape index (κ2) is 17.8. The van der Waals surface area contributed by atoms with Crippen LogP contribution in [0, 0.1) is 116 Å². The van der Waals surface area contributed by atoms with Gasteiger partial charge in [-0.25, -0.2) is 87.8 Å². The van der Waals surface area contributed by atoms with Crippen molar-refractivity contribution in [3.8, 4) is 0 Å². The Balaban J connectivity index is 0.000000241. The average molecular weight is 932 g/mol. The Bertz CT molecular complexity index is 2520. The van der Waals surface area contributed by atoms with E-state index in [1.807, 2.05) is 0 Å². The molecule has 0 bridgehead atoms. The number of rotatable bonds is 8. The molecule has 0 radical (unpaired) electrons. The molecule has 0 fully saturated rings. The lowest BCUT2D eigenvalue weighted by Gasteiger charge is -2.12. The van der Waals surface area contributed by atoms with E-state index in [0.29, 0.717) is 24.3 Å².